The van der Waals surface area contributed by atoms with Gasteiger partial charge in [-0.1, -0.05) is 0 Å². The average molecular weight is 372 g/mol. The summed E-state index contributed by atoms with van der Waals surface area (Å²) in [6, 6.07) is 7.49. The van der Waals surface area contributed by atoms with Crippen LogP contribution in [0.3, 0.4) is 0 Å². The largest absolute Gasteiger partial charge is 0.493 e. The smallest absolute Gasteiger partial charge is 0.220 e. The molecule has 0 unspecified atom stereocenters. The Hall–Kier alpha value is -2.73. The molecule has 0 spiro atoms. The molecule has 1 atom stereocenters. The van der Waals surface area contributed by atoms with E-state index in [9.17, 15) is 4.79 Å². The lowest BCUT2D eigenvalue weighted by Crippen LogP contribution is -2.81. The van der Waals surface area contributed by atoms with Crippen molar-refractivity contribution in [2.75, 3.05) is 35.5 Å². The molecule has 0 aliphatic heterocycles. The van der Waals surface area contributed by atoms with E-state index in [4.69, 9.17) is 18.9 Å². The summed E-state index contributed by atoms with van der Waals surface area (Å²) in [6.07, 6.45) is 1.73. The summed E-state index contributed by atoms with van der Waals surface area (Å²) in [6.45, 7) is 0. The van der Waals surface area contributed by atoms with Gasteiger partial charge in [0.05, 0.1) is 35.5 Å². The van der Waals surface area contributed by atoms with Gasteiger partial charge in [-0.3, -0.25) is 4.79 Å². The van der Waals surface area contributed by atoms with Crippen molar-refractivity contribution in [2.45, 2.75) is 18.9 Å². The van der Waals surface area contributed by atoms with Crippen LogP contribution in [0.2, 0.25) is 0 Å². The standard InChI is InChI=1S/C21H25NO5/c1-22-15-8-6-12-10-18(25-3)20(26-4)21(27-5)19(12)13-7-9-17(24-2)16(23)11-14(13)15/h7,9-11,15,22H,6,8H2,1-5H3/p+1/t15-/m0/s1. The van der Waals surface area contributed by atoms with Crippen LogP contribution in [0.5, 0.6) is 23.0 Å². The number of aryl methyl sites for hydroxylation is 1. The number of fused-ring (bicyclic) bond motifs is 3. The van der Waals surface area contributed by atoms with Crippen molar-refractivity contribution < 1.29 is 24.3 Å². The Balaban J connectivity index is 2.43. The summed E-state index contributed by atoms with van der Waals surface area (Å²) in [7, 11) is 8.36. The molecule has 3 rings (SSSR count). The molecule has 0 bridgehead atoms. The van der Waals surface area contributed by atoms with E-state index in [1.54, 1.807) is 33.5 Å². The van der Waals surface area contributed by atoms with Crippen molar-refractivity contribution in [1.29, 1.82) is 0 Å². The molecular formula is C21H26NO5+. The molecule has 6 nitrogen and oxygen atoms in total. The highest BCUT2D eigenvalue weighted by Crippen LogP contribution is 2.49. The molecule has 0 radical (unpaired) electrons. The molecule has 0 amide bonds. The lowest BCUT2D eigenvalue weighted by Gasteiger charge is -2.19. The lowest BCUT2D eigenvalue weighted by molar-refractivity contribution is -0.670. The van der Waals surface area contributed by atoms with Crippen LogP contribution in [0.4, 0.5) is 0 Å². The normalized spacial score (nSPS) is 15.2. The van der Waals surface area contributed by atoms with Gasteiger partial charge in [0.2, 0.25) is 11.2 Å². The summed E-state index contributed by atoms with van der Waals surface area (Å²) >= 11 is 0. The maximum atomic E-state index is 12.6. The van der Waals surface area contributed by atoms with Gasteiger partial charge in [-0.2, -0.15) is 0 Å². The van der Waals surface area contributed by atoms with Gasteiger partial charge in [0.15, 0.2) is 17.2 Å². The van der Waals surface area contributed by atoms with Crippen LogP contribution < -0.4 is 29.7 Å². The van der Waals surface area contributed by atoms with Crippen molar-refractivity contribution in [1.82, 2.24) is 0 Å². The third-order valence-corrected chi connectivity index (χ3v) is 5.17. The Kier molecular flexibility index (Phi) is 5.56. The zero-order valence-electron chi connectivity index (χ0n) is 16.4. The second-order valence-electron chi connectivity index (χ2n) is 6.44. The van der Waals surface area contributed by atoms with Crippen LogP contribution >= 0.6 is 0 Å². The summed E-state index contributed by atoms with van der Waals surface area (Å²) < 4.78 is 22.1. The number of benzene rings is 1. The molecule has 0 aromatic heterocycles. The van der Waals surface area contributed by atoms with Gasteiger partial charge in [-0.05, 0) is 41.8 Å². The fraction of sp³-hybridized carbons (Fsp3) is 0.381. The number of hydrogen-bond acceptors (Lipinski definition) is 5. The van der Waals surface area contributed by atoms with E-state index >= 15 is 0 Å². The minimum absolute atomic E-state index is 0.131. The molecule has 27 heavy (non-hydrogen) atoms. The second-order valence-corrected chi connectivity index (χ2v) is 6.44. The number of ether oxygens (including phenoxy) is 4. The van der Waals surface area contributed by atoms with Crippen LogP contribution in [-0.4, -0.2) is 35.5 Å². The molecule has 0 fully saturated rings. The Morgan fingerprint density at radius 2 is 1.63 bits per heavy atom. The quantitative estimate of drug-likeness (QED) is 0.868. The Morgan fingerprint density at radius 1 is 0.926 bits per heavy atom. The zero-order valence-corrected chi connectivity index (χ0v) is 16.4. The van der Waals surface area contributed by atoms with E-state index in [1.165, 1.54) is 7.11 Å². The van der Waals surface area contributed by atoms with Crippen LogP contribution in [0.15, 0.2) is 29.1 Å². The predicted molar refractivity (Wildman–Crippen MR) is 103 cm³/mol. The number of hydrogen-bond donors (Lipinski definition) is 1. The van der Waals surface area contributed by atoms with Crippen molar-refractivity contribution in [2.24, 2.45) is 0 Å². The maximum Gasteiger partial charge on any atom is 0.220 e. The molecular weight excluding hydrogens is 346 g/mol. The van der Waals surface area contributed by atoms with Gasteiger partial charge < -0.3 is 24.3 Å². The first-order valence-corrected chi connectivity index (χ1v) is 8.93. The Morgan fingerprint density at radius 3 is 2.22 bits per heavy atom. The number of quaternary nitrogens is 1. The SMILES string of the molecule is C[NH2+][C@H]1CCc2cc(OC)c(OC)c(OC)c2-c2ccc(OC)c(=O)cc21. The highest BCUT2D eigenvalue weighted by atomic mass is 16.5. The lowest BCUT2D eigenvalue weighted by atomic mass is 9.95. The number of nitrogens with two attached hydrogens (primary N) is 1. The molecule has 1 aliphatic rings. The number of rotatable bonds is 5. The fourth-order valence-corrected chi connectivity index (χ4v) is 3.84. The van der Waals surface area contributed by atoms with E-state index in [2.05, 4.69) is 5.32 Å². The maximum absolute atomic E-state index is 12.6. The van der Waals surface area contributed by atoms with Crippen molar-refractivity contribution in [3.63, 3.8) is 0 Å². The van der Waals surface area contributed by atoms with E-state index in [-0.39, 0.29) is 11.5 Å². The Labute approximate surface area is 159 Å². The van der Waals surface area contributed by atoms with Crippen molar-refractivity contribution >= 4 is 0 Å². The first-order chi connectivity index (χ1) is 13.1. The van der Waals surface area contributed by atoms with Gasteiger partial charge in [0.25, 0.3) is 0 Å². The van der Waals surface area contributed by atoms with Crippen molar-refractivity contribution in [3.8, 4) is 34.1 Å². The van der Waals surface area contributed by atoms with E-state index in [0.717, 1.165) is 35.1 Å². The third kappa shape index (κ3) is 3.21. The Bertz CT molecular complexity index is 910. The fourth-order valence-electron chi connectivity index (χ4n) is 3.84. The second kappa shape index (κ2) is 7.88. The minimum Gasteiger partial charge on any atom is -0.493 e. The molecule has 2 N–H and O–H groups in total. The van der Waals surface area contributed by atoms with Gasteiger partial charge in [0, 0.05) is 17.5 Å². The van der Waals surface area contributed by atoms with Gasteiger partial charge in [-0.15, -0.1) is 0 Å². The third-order valence-electron chi connectivity index (χ3n) is 5.17. The molecule has 2 aromatic rings. The average Bonchev–Trinajstić information content (AvgIpc) is 2.94. The van der Waals surface area contributed by atoms with Gasteiger partial charge in [0.1, 0.15) is 6.04 Å². The summed E-state index contributed by atoms with van der Waals surface area (Å²) in [5.41, 5.74) is 3.83. The van der Waals surface area contributed by atoms with Crippen LogP contribution in [0.1, 0.15) is 23.6 Å². The predicted octanol–water partition coefficient (Wildman–Crippen LogP) is 1.93. The molecule has 2 aromatic carbocycles. The van der Waals surface area contributed by atoms with Crippen LogP contribution in [0, 0.1) is 0 Å². The monoisotopic (exact) mass is 372 g/mol. The van der Waals surface area contributed by atoms with E-state index < -0.39 is 0 Å². The van der Waals surface area contributed by atoms with Crippen molar-refractivity contribution in [3.05, 3.63) is 45.6 Å². The van der Waals surface area contributed by atoms with Gasteiger partial charge >= 0.3 is 0 Å². The first-order valence-electron chi connectivity index (χ1n) is 8.93. The molecule has 0 saturated heterocycles. The van der Waals surface area contributed by atoms with Crippen LogP contribution in [-0.2, 0) is 6.42 Å². The molecule has 1 aliphatic carbocycles. The minimum atomic E-state index is -0.131. The molecule has 6 heteroatoms. The number of methoxy groups -OCH3 is 4. The zero-order chi connectivity index (χ0) is 19.6. The summed E-state index contributed by atoms with van der Waals surface area (Å²) in [4.78, 5) is 12.6. The first kappa shape index (κ1) is 19.0. The topological polar surface area (TPSA) is 70.6 Å². The summed E-state index contributed by atoms with van der Waals surface area (Å²) in [5.74, 6) is 2.11. The highest BCUT2D eigenvalue weighted by molar-refractivity contribution is 5.82. The van der Waals surface area contributed by atoms with E-state index in [0.29, 0.717) is 23.0 Å². The molecule has 144 valence electrons. The molecule has 0 heterocycles. The highest BCUT2D eigenvalue weighted by Gasteiger charge is 2.29. The summed E-state index contributed by atoms with van der Waals surface area (Å²) in [5, 5.41) is 2.14. The van der Waals surface area contributed by atoms with Gasteiger partial charge in [-0.25, -0.2) is 0 Å². The van der Waals surface area contributed by atoms with E-state index in [1.807, 2.05) is 19.2 Å². The van der Waals surface area contributed by atoms with Crippen LogP contribution in [0.25, 0.3) is 11.1 Å². The molecule has 0 saturated carbocycles.